The molecule has 1 aromatic heterocycles. The van der Waals surface area contributed by atoms with Crippen LogP contribution in [0.3, 0.4) is 0 Å². The second kappa shape index (κ2) is 5.20. The first-order chi connectivity index (χ1) is 7.04. The van der Waals surface area contributed by atoms with Crippen LogP contribution in [-0.2, 0) is 6.54 Å². The number of nitro groups is 1. The molecular formula is C8H13BrN4O2. The van der Waals surface area contributed by atoms with E-state index in [2.05, 4.69) is 39.9 Å². The highest BCUT2D eigenvalue weighted by molar-refractivity contribution is 9.09. The number of aromatic nitrogens is 3. The molecule has 1 aromatic rings. The van der Waals surface area contributed by atoms with Gasteiger partial charge in [-0.1, -0.05) is 34.8 Å². The van der Waals surface area contributed by atoms with E-state index in [1.54, 1.807) is 0 Å². The molecule has 0 saturated carbocycles. The Morgan fingerprint density at radius 2 is 2.33 bits per heavy atom. The Morgan fingerprint density at radius 1 is 1.67 bits per heavy atom. The van der Waals surface area contributed by atoms with Crippen molar-refractivity contribution in [3.05, 3.63) is 16.4 Å². The van der Waals surface area contributed by atoms with Gasteiger partial charge in [0.2, 0.25) is 6.33 Å². The van der Waals surface area contributed by atoms with Crippen molar-refractivity contribution < 1.29 is 4.92 Å². The van der Waals surface area contributed by atoms with Crippen molar-refractivity contribution in [2.75, 3.05) is 5.33 Å². The van der Waals surface area contributed by atoms with Crippen LogP contribution in [0.25, 0.3) is 0 Å². The highest BCUT2D eigenvalue weighted by atomic mass is 79.9. The van der Waals surface area contributed by atoms with Crippen LogP contribution in [0.1, 0.15) is 13.8 Å². The summed E-state index contributed by atoms with van der Waals surface area (Å²) in [5, 5.41) is 15.0. The molecule has 0 aliphatic heterocycles. The summed E-state index contributed by atoms with van der Waals surface area (Å²) in [7, 11) is 0. The molecule has 0 fully saturated rings. The molecule has 1 unspecified atom stereocenters. The Morgan fingerprint density at radius 3 is 2.73 bits per heavy atom. The maximum atomic E-state index is 10.4. The van der Waals surface area contributed by atoms with Gasteiger partial charge in [0.1, 0.15) is 0 Å². The zero-order valence-electron chi connectivity index (χ0n) is 8.63. The van der Waals surface area contributed by atoms with E-state index in [4.69, 9.17) is 0 Å². The summed E-state index contributed by atoms with van der Waals surface area (Å²) in [6.07, 6.45) is 1.40. The van der Waals surface area contributed by atoms with Gasteiger partial charge in [0.25, 0.3) is 0 Å². The number of hydrogen-bond acceptors (Lipinski definition) is 4. The van der Waals surface area contributed by atoms with E-state index in [1.165, 1.54) is 11.0 Å². The minimum Gasteiger partial charge on any atom is -0.390 e. The number of alkyl halides is 1. The molecule has 1 heterocycles. The molecule has 0 bridgehead atoms. The highest BCUT2D eigenvalue weighted by Gasteiger charge is 2.18. The Labute approximate surface area is 96.0 Å². The largest absolute Gasteiger partial charge is 0.490 e. The maximum Gasteiger partial charge on any atom is 0.490 e. The third-order valence-corrected chi connectivity index (χ3v) is 3.08. The quantitative estimate of drug-likeness (QED) is 0.467. The molecule has 6 nitrogen and oxygen atoms in total. The molecule has 1 atom stereocenters. The predicted octanol–water partition coefficient (Wildman–Crippen LogP) is 1.85. The Bertz CT molecular complexity index is 339. The van der Waals surface area contributed by atoms with E-state index in [-0.39, 0.29) is 5.95 Å². The van der Waals surface area contributed by atoms with Crippen molar-refractivity contribution in [1.29, 1.82) is 0 Å². The lowest BCUT2D eigenvalue weighted by Gasteiger charge is -2.15. The molecule has 0 spiro atoms. The first kappa shape index (κ1) is 12.1. The molecule has 0 aliphatic carbocycles. The van der Waals surface area contributed by atoms with Crippen molar-refractivity contribution in [3.8, 4) is 0 Å². The normalized spacial score (nSPS) is 13.1. The Kier molecular flexibility index (Phi) is 4.19. The van der Waals surface area contributed by atoms with E-state index in [9.17, 15) is 10.1 Å². The second-order valence-electron chi connectivity index (χ2n) is 3.68. The topological polar surface area (TPSA) is 73.8 Å². The van der Waals surface area contributed by atoms with Crippen LogP contribution in [0.4, 0.5) is 5.95 Å². The predicted molar refractivity (Wildman–Crippen MR) is 58.8 cm³/mol. The maximum absolute atomic E-state index is 10.4. The Hall–Kier alpha value is -0.980. The van der Waals surface area contributed by atoms with Gasteiger partial charge in [-0.2, -0.15) is 4.68 Å². The van der Waals surface area contributed by atoms with Crippen molar-refractivity contribution in [1.82, 2.24) is 14.8 Å². The van der Waals surface area contributed by atoms with Gasteiger partial charge in [-0.25, -0.2) is 0 Å². The summed E-state index contributed by atoms with van der Waals surface area (Å²) in [6, 6.07) is 0. The summed E-state index contributed by atoms with van der Waals surface area (Å²) >= 11 is 3.41. The fourth-order valence-electron chi connectivity index (χ4n) is 1.13. The molecule has 84 valence electrons. The SMILES string of the molecule is CC(C)C(CBr)Cn1cnc([N+](=O)[O-])n1. The number of rotatable bonds is 5. The molecule has 0 N–H and O–H groups in total. The van der Waals surface area contributed by atoms with E-state index in [1.807, 2.05) is 0 Å². The number of halogens is 1. The fourth-order valence-corrected chi connectivity index (χ4v) is 2.09. The first-order valence-corrected chi connectivity index (χ1v) is 5.76. The van der Waals surface area contributed by atoms with Crippen LogP contribution < -0.4 is 0 Å². The molecule has 0 saturated heterocycles. The molecule has 15 heavy (non-hydrogen) atoms. The molecule has 0 radical (unpaired) electrons. The Balaban J connectivity index is 2.67. The monoisotopic (exact) mass is 276 g/mol. The lowest BCUT2D eigenvalue weighted by atomic mass is 9.98. The lowest BCUT2D eigenvalue weighted by molar-refractivity contribution is -0.394. The van der Waals surface area contributed by atoms with Gasteiger partial charge in [0.15, 0.2) is 0 Å². The smallest absolute Gasteiger partial charge is 0.390 e. The molecular weight excluding hydrogens is 264 g/mol. The average Bonchev–Trinajstić information content (AvgIpc) is 2.61. The molecule has 0 amide bonds. The highest BCUT2D eigenvalue weighted by Crippen LogP contribution is 2.16. The van der Waals surface area contributed by atoms with E-state index in [0.717, 1.165) is 5.33 Å². The van der Waals surface area contributed by atoms with Gasteiger partial charge >= 0.3 is 5.95 Å². The second-order valence-corrected chi connectivity index (χ2v) is 4.33. The van der Waals surface area contributed by atoms with Crippen LogP contribution in [-0.4, -0.2) is 25.0 Å². The summed E-state index contributed by atoms with van der Waals surface area (Å²) in [6.45, 7) is 4.86. The zero-order valence-corrected chi connectivity index (χ0v) is 10.2. The van der Waals surface area contributed by atoms with E-state index < -0.39 is 4.92 Å². The summed E-state index contributed by atoms with van der Waals surface area (Å²) in [5.74, 6) is 0.547. The number of hydrogen-bond donors (Lipinski definition) is 0. The van der Waals surface area contributed by atoms with Gasteiger partial charge in [-0.3, -0.25) is 0 Å². The number of nitrogens with zero attached hydrogens (tertiary/aromatic N) is 4. The zero-order chi connectivity index (χ0) is 11.4. The van der Waals surface area contributed by atoms with Crippen molar-refractivity contribution in [3.63, 3.8) is 0 Å². The van der Waals surface area contributed by atoms with Crippen molar-refractivity contribution in [2.24, 2.45) is 11.8 Å². The van der Waals surface area contributed by atoms with Crippen LogP contribution in [0.15, 0.2) is 6.33 Å². The van der Waals surface area contributed by atoms with Gasteiger partial charge in [0.05, 0.1) is 6.54 Å². The minimum absolute atomic E-state index is 0.341. The summed E-state index contributed by atoms with van der Waals surface area (Å²) in [4.78, 5) is 13.4. The summed E-state index contributed by atoms with van der Waals surface area (Å²) in [5.41, 5.74) is 0. The van der Waals surface area contributed by atoms with Gasteiger partial charge < -0.3 is 10.1 Å². The first-order valence-electron chi connectivity index (χ1n) is 4.64. The minimum atomic E-state index is -0.588. The fraction of sp³-hybridized carbons (Fsp3) is 0.750. The van der Waals surface area contributed by atoms with E-state index >= 15 is 0 Å². The summed E-state index contributed by atoms with van der Waals surface area (Å²) < 4.78 is 1.52. The standard InChI is InChI=1S/C8H13BrN4O2/c1-6(2)7(3-9)4-12-5-10-8(11-12)13(14)15/h5-7H,3-4H2,1-2H3. The van der Waals surface area contributed by atoms with Crippen LogP contribution in [0, 0.1) is 22.0 Å². The van der Waals surface area contributed by atoms with Crippen molar-refractivity contribution >= 4 is 21.9 Å². The average molecular weight is 277 g/mol. The van der Waals surface area contributed by atoms with Crippen LogP contribution >= 0.6 is 15.9 Å². The van der Waals surface area contributed by atoms with Gasteiger partial charge in [-0.15, -0.1) is 0 Å². The third kappa shape index (κ3) is 3.26. The third-order valence-electron chi connectivity index (χ3n) is 2.25. The van der Waals surface area contributed by atoms with Crippen molar-refractivity contribution in [2.45, 2.75) is 20.4 Å². The molecule has 1 rings (SSSR count). The molecule has 0 aromatic carbocycles. The molecule has 0 aliphatic rings. The van der Waals surface area contributed by atoms with Crippen LogP contribution in [0.5, 0.6) is 0 Å². The van der Waals surface area contributed by atoms with Gasteiger partial charge in [0, 0.05) is 10.4 Å². The van der Waals surface area contributed by atoms with E-state index in [0.29, 0.717) is 18.4 Å². The molecule has 7 heteroatoms. The lowest BCUT2D eigenvalue weighted by Crippen LogP contribution is -2.18. The van der Waals surface area contributed by atoms with Crippen LogP contribution in [0.2, 0.25) is 0 Å². The van der Waals surface area contributed by atoms with Gasteiger partial charge in [-0.05, 0) is 16.8 Å².